The summed E-state index contributed by atoms with van der Waals surface area (Å²) in [5.41, 5.74) is 0.376. The van der Waals surface area contributed by atoms with Crippen molar-refractivity contribution in [1.82, 2.24) is 0 Å². The van der Waals surface area contributed by atoms with Gasteiger partial charge in [0.15, 0.2) is 0 Å². The van der Waals surface area contributed by atoms with Crippen molar-refractivity contribution in [3.05, 3.63) is 0 Å². The molecule has 0 spiro atoms. The molecule has 0 aliphatic heterocycles. The summed E-state index contributed by atoms with van der Waals surface area (Å²) in [4.78, 5) is 10.0. The molecular weight excluding hydrogens is 238 g/mol. The van der Waals surface area contributed by atoms with Crippen LogP contribution < -0.4 is 5.11 Å². The largest absolute Gasteiger partial charge is 0.550 e. The molecule has 0 saturated carbocycles. The first-order valence-corrected chi connectivity index (χ1v) is 7.48. The first-order chi connectivity index (χ1) is 8.48. The summed E-state index contributed by atoms with van der Waals surface area (Å²) in [6.07, 6.45) is 5.55. The van der Waals surface area contributed by atoms with Gasteiger partial charge in [-0.15, -0.1) is 0 Å². The molecule has 0 aliphatic rings. The van der Waals surface area contributed by atoms with E-state index < -0.39 is 5.97 Å². The number of aliphatic carboxylic acids is 1. The first-order valence-electron chi connectivity index (χ1n) is 7.48. The lowest BCUT2D eigenvalue weighted by Gasteiger charge is -2.22. The maximum Gasteiger partial charge on any atom is 0.0777 e. The molecule has 0 amide bonds. The van der Waals surface area contributed by atoms with Gasteiger partial charge in [-0.2, -0.15) is 0 Å². The number of quaternary nitrogens is 1. The molecule has 0 heterocycles. The van der Waals surface area contributed by atoms with Crippen LogP contribution in [0.4, 0.5) is 0 Å². The third-order valence-electron chi connectivity index (χ3n) is 2.70. The highest BCUT2D eigenvalue weighted by Crippen LogP contribution is 2.22. The molecule has 0 aromatic rings. The number of hydrogen-bond acceptors (Lipinski definition) is 2. The number of rotatable bonds is 7. The Labute approximate surface area is 120 Å². The molecule has 0 bridgehead atoms. The van der Waals surface area contributed by atoms with E-state index in [1.165, 1.54) is 19.4 Å². The van der Waals surface area contributed by atoms with E-state index in [9.17, 15) is 9.90 Å². The molecule has 0 radical (unpaired) electrons. The van der Waals surface area contributed by atoms with Gasteiger partial charge in [0, 0.05) is 5.97 Å². The molecule has 0 aliphatic carbocycles. The van der Waals surface area contributed by atoms with E-state index in [2.05, 4.69) is 48.8 Å². The maximum absolute atomic E-state index is 10.0. The number of hydrogen-bond donors (Lipinski definition) is 0. The number of carbonyl (C=O) groups is 1. The van der Waals surface area contributed by atoms with E-state index in [-0.39, 0.29) is 6.42 Å². The molecule has 0 aromatic heterocycles. The summed E-state index contributed by atoms with van der Waals surface area (Å²) in [7, 11) is 6.64. The Kier molecular flexibility index (Phi) is 11.2. The second kappa shape index (κ2) is 10.2. The smallest absolute Gasteiger partial charge is 0.0777 e. The van der Waals surface area contributed by atoms with E-state index in [1.807, 2.05) is 0 Å². The van der Waals surface area contributed by atoms with Gasteiger partial charge in [-0.1, -0.05) is 40.5 Å². The fraction of sp³-hybridized carbons (Fsp3) is 0.938. The van der Waals surface area contributed by atoms with Gasteiger partial charge in [0.2, 0.25) is 0 Å². The van der Waals surface area contributed by atoms with Crippen LogP contribution in [-0.2, 0) is 4.79 Å². The summed E-state index contributed by atoms with van der Waals surface area (Å²) >= 11 is 0. The van der Waals surface area contributed by atoms with Crippen molar-refractivity contribution in [2.45, 2.75) is 66.2 Å². The SMILES string of the molecule is CC(C)(C)CCCCCC(=O)[O-].CCC[N+](C)(C)C. The molecule has 0 rings (SSSR count). The zero-order valence-corrected chi connectivity index (χ0v) is 14.2. The third-order valence-corrected chi connectivity index (χ3v) is 2.70. The van der Waals surface area contributed by atoms with Crippen molar-refractivity contribution < 1.29 is 14.4 Å². The van der Waals surface area contributed by atoms with Gasteiger partial charge in [-0.25, -0.2) is 0 Å². The molecule has 116 valence electrons. The van der Waals surface area contributed by atoms with Crippen LogP contribution in [0, 0.1) is 5.41 Å². The molecule has 0 fully saturated rings. The van der Waals surface area contributed by atoms with Crippen LogP contribution in [0.2, 0.25) is 0 Å². The van der Waals surface area contributed by atoms with Gasteiger partial charge < -0.3 is 14.4 Å². The molecule has 3 nitrogen and oxygen atoms in total. The van der Waals surface area contributed by atoms with E-state index in [1.54, 1.807) is 0 Å². The van der Waals surface area contributed by atoms with Gasteiger partial charge in [0.25, 0.3) is 0 Å². The minimum atomic E-state index is -0.925. The van der Waals surface area contributed by atoms with Gasteiger partial charge in [0.1, 0.15) is 0 Å². The van der Waals surface area contributed by atoms with Crippen LogP contribution in [0.3, 0.4) is 0 Å². The van der Waals surface area contributed by atoms with Crippen molar-refractivity contribution in [3.8, 4) is 0 Å². The number of carbonyl (C=O) groups excluding carboxylic acids is 1. The zero-order chi connectivity index (χ0) is 15.5. The average Bonchev–Trinajstić information content (AvgIpc) is 2.13. The van der Waals surface area contributed by atoms with Gasteiger partial charge in [0.05, 0.1) is 27.7 Å². The van der Waals surface area contributed by atoms with Crippen LogP contribution in [0.1, 0.15) is 66.2 Å². The van der Waals surface area contributed by atoms with E-state index in [0.717, 1.165) is 23.7 Å². The minimum absolute atomic E-state index is 0.212. The van der Waals surface area contributed by atoms with Crippen LogP contribution in [0.15, 0.2) is 0 Å². The highest BCUT2D eigenvalue weighted by atomic mass is 16.4. The van der Waals surface area contributed by atoms with Crippen molar-refractivity contribution in [1.29, 1.82) is 0 Å². The summed E-state index contributed by atoms with van der Waals surface area (Å²) in [5, 5.41) is 10.0. The standard InChI is InChI=1S/C10H20O2.C6H16N/c1-10(2,3)8-6-4-5-7-9(11)12;1-5-6-7(2,3)4/h4-8H2,1-3H3,(H,11,12);5-6H2,1-4H3/q;+1/p-1. The van der Waals surface area contributed by atoms with Crippen molar-refractivity contribution in [2.24, 2.45) is 5.41 Å². The number of carboxylic acid groups (broad SMARTS) is 1. The van der Waals surface area contributed by atoms with Gasteiger partial charge in [-0.05, 0) is 31.1 Å². The average molecular weight is 273 g/mol. The summed E-state index contributed by atoms with van der Waals surface area (Å²) < 4.78 is 1.09. The Balaban J connectivity index is 0. The Morgan fingerprint density at radius 1 is 1.05 bits per heavy atom. The fourth-order valence-electron chi connectivity index (χ4n) is 1.77. The zero-order valence-electron chi connectivity index (χ0n) is 14.2. The predicted octanol–water partition coefficient (Wildman–Crippen LogP) is 2.84. The molecule has 3 heteroatoms. The summed E-state index contributed by atoms with van der Waals surface area (Å²) in [6, 6.07) is 0. The lowest BCUT2D eigenvalue weighted by Crippen LogP contribution is -2.34. The van der Waals surface area contributed by atoms with Crippen LogP contribution in [-0.4, -0.2) is 38.1 Å². The number of nitrogens with zero attached hydrogens (tertiary/aromatic N) is 1. The third kappa shape index (κ3) is 26.9. The second-order valence-electron chi connectivity index (χ2n) is 7.51. The Bertz CT molecular complexity index is 224. The topological polar surface area (TPSA) is 40.1 Å². The molecule has 0 N–H and O–H groups in total. The fourth-order valence-corrected chi connectivity index (χ4v) is 1.77. The lowest BCUT2D eigenvalue weighted by atomic mass is 9.89. The Morgan fingerprint density at radius 2 is 1.58 bits per heavy atom. The molecule has 0 unspecified atom stereocenters. The minimum Gasteiger partial charge on any atom is -0.550 e. The molecule has 0 saturated heterocycles. The summed E-state index contributed by atoms with van der Waals surface area (Å²) in [5.74, 6) is -0.925. The highest BCUT2D eigenvalue weighted by Gasteiger charge is 2.08. The second-order valence-corrected chi connectivity index (χ2v) is 7.51. The van der Waals surface area contributed by atoms with Crippen LogP contribution in [0.25, 0.3) is 0 Å². The molecule has 0 aromatic carbocycles. The number of unbranched alkanes of at least 4 members (excludes halogenated alkanes) is 2. The van der Waals surface area contributed by atoms with Gasteiger partial charge >= 0.3 is 0 Å². The van der Waals surface area contributed by atoms with E-state index >= 15 is 0 Å². The Hall–Kier alpha value is -0.570. The highest BCUT2D eigenvalue weighted by molar-refractivity contribution is 5.63. The van der Waals surface area contributed by atoms with Crippen LogP contribution in [0.5, 0.6) is 0 Å². The van der Waals surface area contributed by atoms with Crippen LogP contribution >= 0.6 is 0 Å². The van der Waals surface area contributed by atoms with Gasteiger partial charge in [-0.3, -0.25) is 0 Å². The maximum atomic E-state index is 10.0. The van der Waals surface area contributed by atoms with E-state index in [0.29, 0.717) is 5.41 Å². The molecular formula is C16H35NO2. The van der Waals surface area contributed by atoms with E-state index in [4.69, 9.17) is 0 Å². The molecule has 0 atom stereocenters. The normalized spacial score (nSPS) is 11.7. The molecule has 19 heavy (non-hydrogen) atoms. The predicted molar refractivity (Wildman–Crippen MR) is 80.7 cm³/mol. The lowest BCUT2D eigenvalue weighted by molar-refractivity contribution is -0.870. The Morgan fingerprint density at radius 3 is 1.84 bits per heavy atom. The summed E-state index contributed by atoms with van der Waals surface area (Å²) in [6.45, 7) is 10.1. The number of carboxylic acids is 1. The first kappa shape index (κ1) is 20.7. The quantitative estimate of drug-likeness (QED) is 0.528. The monoisotopic (exact) mass is 273 g/mol. The van der Waals surface area contributed by atoms with Crippen molar-refractivity contribution >= 4 is 5.97 Å². The van der Waals surface area contributed by atoms with Crippen molar-refractivity contribution in [2.75, 3.05) is 27.7 Å². The van der Waals surface area contributed by atoms with Crippen molar-refractivity contribution in [3.63, 3.8) is 0 Å².